The van der Waals surface area contributed by atoms with Gasteiger partial charge in [0.1, 0.15) is 0 Å². The molecule has 0 aromatic heterocycles. The van der Waals surface area contributed by atoms with E-state index in [0.29, 0.717) is 10.9 Å². The molecule has 5 rings (SSSR count). The van der Waals surface area contributed by atoms with Crippen LogP contribution in [0.25, 0.3) is 22.3 Å². The minimum atomic E-state index is -1.10. The van der Waals surface area contributed by atoms with E-state index in [1.807, 2.05) is 60.7 Å². The summed E-state index contributed by atoms with van der Waals surface area (Å²) in [6.07, 6.45) is 0. The van der Waals surface area contributed by atoms with Crippen molar-refractivity contribution in [3.05, 3.63) is 106 Å². The minimum Gasteiger partial charge on any atom is -0.443 e. The van der Waals surface area contributed by atoms with Gasteiger partial charge < -0.3 is 14.6 Å². The average molecular weight is 536 g/mol. The zero-order valence-electron chi connectivity index (χ0n) is 16.5. The Morgan fingerprint density at radius 1 is 0.484 bits per heavy atom. The van der Waals surface area contributed by atoms with Crippen LogP contribution in [0.5, 0.6) is 0 Å². The van der Waals surface area contributed by atoms with Gasteiger partial charge in [-0.2, -0.15) is 0 Å². The van der Waals surface area contributed by atoms with Crippen LogP contribution in [0.4, 0.5) is 0 Å². The maximum Gasteiger partial charge on any atom is 0.478 e. The molecule has 1 aliphatic heterocycles. The van der Waals surface area contributed by atoms with Crippen molar-refractivity contribution in [3.8, 4) is 22.3 Å². The molecule has 0 spiro atoms. The van der Waals surface area contributed by atoms with E-state index in [9.17, 15) is 10.0 Å². The summed E-state index contributed by atoms with van der Waals surface area (Å²) in [7, 11) is -2.21. The highest BCUT2D eigenvalue weighted by Crippen LogP contribution is 2.32. The number of halogens is 2. The van der Waals surface area contributed by atoms with E-state index in [1.165, 1.54) is 11.1 Å². The molecule has 0 amide bonds. The van der Waals surface area contributed by atoms with Gasteiger partial charge in [0, 0.05) is 8.95 Å². The van der Waals surface area contributed by atoms with E-state index in [-0.39, 0.29) is 0 Å². The van der Waals surface area contributed by atoms with Crippen molar-refractivity contribution in [2.24, 2.45) is 0 Å². The van der Waals surface area contributed by atoms with Gasteiger partial charge in [0.15, 0.2) is 0 Å². The third kappa shape index (κ3) is 4.86. The van der Waals surface area contributed by atoms with Crippen molar-refractivity contribution in [1.82, 2.24) is 0 Å². The first-order valence-corrected chi connectivity index (χ1v) is 11.3. The highest BCUT2D eigenvalue weighted by molar-refractivity contribution is 9.11. The largest absolute Gasteiger partial charge is 0.478 e. The molecule has 4 aromatic rings. The van der Waals surface area contributed by atoms with Crippen molar-refractivity contribution in [3.63, 3.8) is 0 Å². The van der Waals surface area contributed by atoms with Crippen molar-refractivity contribution in [2.75, 3.05) is 0 Å². The molecule has 4 aromatic carbocycles. The molecule has 0 unspecified atom stereocenters. The molecule has 0 radical (unpaired) electrons. The van der Waals surface area contributed by atoms with Gasteiger partial charge in [-0.1, -0.05) is 117 Å². The van der Waals surface area contributed by atoms with Crippen LogP contribution < -0.4 is 10.9 Å². The molecule has 0 saturated carbocycles. The van der Waals surface area contributed by atoms with Crippen molar-refractivity contribution in [1.29, 1.82) is 0 Å². The molecule has 1 aliphatic rings. The first-order chi connectivity index (χ1) is 15.1. The van der Waals surface area contributed by atoms with Crippen LogP contribution in [-0.4, -0.2) is 24.3 Å². The molecule has 152 valence electrons. The topological polar surface area (TPSA) is 49.7 Å². The summed E-state index contributed by atoms with van der Waals surface area (Å²) in [4.78, 5) is 0. The van der Waals surface area contributed by atoms with Crippen LogP contribution in [-0.2, 0) is 4.57 Å². The van der Waals surface area contributed by atoms with E-state index >= 15 is 0 Å². The Kier molecular flexibility index (Phi) is 7.10. The van der Waals surface area contributed by atoms with Gasteiger partial charge in [-0.05, 0) is 45.3 Å². The molecule has 0 aliphatic carbocycles. The summed E-state index contributed by atoms with van der Waals surface area (Å²) in [6.45, 7) is 0. The molecule has 0 saturated heterocycles. The molecular weight excluding hydrogens is 518 g/mol. The zero-order chi connectivity index (χ0) is 21.8. The number of benzene rings is 4. The second-order valence-electron chi connectivity index (χ2n) is 6.97. The van der Waals surface area contributed by atoms with Gasteiger partial charge in [-0.3, -0.25) is 0 Å². The van der Waals surface area contributed by atoms with Crippen molar-refractivity contribution >= 4 is 57.0 Å². The number of rotatable bonds is 1. The van der Waals surface area contributed by atoms with Crippen LogP contribution in [0, 0.1) is 0 Å². The molecule has 7 heteroatoms. The number of fused-ring (bicyclic) bond motifs is 3. The van der Waals surface area contributed by atoms with Crippen LogP contribution in [0.15, 0.2) is 106 Å². The Hall–Kier alpha value is -2.15. The predicted octanol–water partition coefficient (Wildman–Crippen LogP) is 4.64. The number of hydrogen-bond acceptors (Lipinski definition) is 3. The summed E-state index contributed by atoms with van der Waals surface area (Å²) < 4.78 is 7.41. The highest BCUT2D eigenvalue weighted by atomic mass is 79.9. The lowest BCUT2D eigenvalue weighted by Crippen LogP contribution is -2.42. The van der Waals surface area contributed by atoms with Gasteiger partial charge >= 0.3 is 14.2 Å². The molecule has 31 heavy (non-hydrogen) atoms. The lowest BCUT2D eigenvalue weighted by Gasteiger charge is -2.08. The third-order valence-electron chi connectivity index (χ3n) is 5.04. The normalized spacial score (nSPS) is 12.3. The van der Waals surface area contributed by atoms with Crippen LogP contribution in [0.2, 0.25) is 0 Å². The van der Waals surface area contributed by atoms with E-state index in [4.69, 9.17) is 4.57 Å². The number of hydrogen-bond donors (Lipinski definition) is 2. The molecule has 0 fully saturated rings. The van der Waals surface area contributed by atoms with Crippen LogP contribution in [0.3, 0.4) is 0 Å². The lowest BCUT2D eigenvalue weighted by atomic mass is 9.74. The summed E-state index contributed by atoms with van der Waals surface area (Å²) in [6, 6.07) is 31.3. The van der Waals surface area contributed by atoms with E-state index in [1.54, 1.807) is 12.1 Å². The van der Waals surface area contributed by atoms with Gasteiger partial charge in [-0.15, -0.1) is 0 Å². The zero-order valence-corrected chi connectivity index (χ0v) is 19.6. The maximum atomic E-state index is 9.90. The van der Waals surface area contributed by atoms with Gasteiger partial charge in [0.2, 0.25) is 0 Å². The Morgan fingerprint density at radius 2 is 0.806 bits per heavy atom. The molecule has 3 nitrogen and oxygen atoms in total. The minimum absolute atomic E-state index is 0.677. The van der Waals surface area contributed by atoms with Crippen molar-refractivity contribution in [2.45, 2.75) is 0 Å². The Balaban J connectivity index is 0.000000152. The van der Waals surface area contributed by atoms with E-state index < -0.39 is 14.2 Å². The van der Waals surface area contributed by atoms with Gasteiger partial charge in [0.25, 0.3) is 0 Å². The standard InChI is InChI=1S/C12H10B2O3.C12H8Br2/c15-13-11-7-3-1-5-9(11)10-6-2-4-8-12(10)14(16)17-13;13-11-7-3-1-5-9(11)10-6-2-4-8-12(10)14/h1-8,15-16H;1-8H. The summed E-state index contributed by atoms with van der Waals surface area (Å²) in [5.74, 6) is 0. The molecule has 2 N–H and O–H groups in total. The van der Waals surface area contributed by atoms with Gasteiger partial charge in [-0.25, -0.2) is 0 Å². The molecule has 0 bridgehead atoms. The summed E-state index contributed by atoms with van der Waals surface area (Å²) in [5.41, 5.74) is 5.56. The second-order valence-corrected chi connectivity index (χ2v) is 8.68. The Labute approximate surface area is 199 Å². The fraction of sp³-hybridized carbons (Fsp3) is 0. The predicted molar refractivity (Wildman–Crippen MR) is 135 cm³/mol. The fourth-order valence-electron chi connectivity index (χ4n) is 3.54. The highest BCUT2D eigenvalue weighted by Gasteiger charge is 2.33. The van der Waals surface area contributed by atoms with E-state index in [2.05, 4.69) is 56.1 Å². The Bertz CT molecular complexity index is 1110. The SMILES string of the molecule is Brc1ccccc1-c1ccccc1Br.OB1OB(O)c2ccccc2-c2ccccc21. The third-order valence-corrected chi connectivity index (χ3v) is 6.42. The molecule has 0 atom stereocenters. The smallest absolute Gasteiger partial charge is 0.443 e. The van der Waals surface area contributed by atoms with E-state index in [0.717, 1.165) is 20.1 Å². The quantitative estimate of drug-likeness (QED) is 0.349. The monoisotopic (exact) mass is 534 g/mol. The van der Waals surface area contributed by atoms with Crippen LogP contribution >= 0.6 is 31.9 Å². The lowest BCUT2D eigenvalue weighted by molar-refractivity contribution is 0.379. The fourth-order valence-corrected chi connectivity index (χ4v) is 4.54. The Morgan fingerprint density at radius 3 is 1.19 bits per heavy atom. The average Bonchev–Trinajstić information content (AvgIpc) is 2.90. The van der Waals surface area contributed by atoms with Crippen molar-refractivity contribution < 1.29 is 14.6 Å². The molecular formula is C24H18B2Br2O3. The first kappa shape index (κ1) is 22.1. The summed E-state index contributed by atoms with van der Waals surface area (Å²) in [5, 5.41) is 19.8. The van der Waals surface area contributed by atoms with Crippen LogP contribution in [0.1, 0.15) is 0 Å². The molecule has 1 heterocycles. The summed E-state index contributed by atoms with van der Waals surface area (Å²) >= 11 is 7.09. The first-order valence-electron chi connectivity index (χ1n) is 9.75. The maximum absolute atomic E-state index is 9.90. The van der Waals surface area contributed by atoms with Gasteiger partial charge in [0.05, 0.1) is 0 Å². The second kappa shape index (κ2) is 9.98.